The van der Waals surface area contributed by atoms with E-state index in [1.807, 2.05) is 30.3 Å². The molecule has 7 heteroatoms. The topological polar surface area (TPSA) is 89.2 Å². The molecule has 0 radical (unpaired) electrons. The average molecular weight is 370 g/mol. The molecule has 2 aromatic carbocycles. The van der Waals surface area contributed by atoms with Crippen LogP contribution in [0.4, 0.5) is 5.69 Å². The van der Waals surface area contributed by atoms with E-state index >= 15 is 0 Å². The van der Waals surface area contributed by atoms with Gasteiger partial charge in [0.15, 0.2) is 17.5 Å². The summed E-state index contributed by atoms with van der Waals surface area (Å²) in [6, 6.07) is 13.0. The first-order valence-corrected chi connectivity index (χ1v) is 8.54. The molecule has 2 rings (SSSR count). The number of benzene rings is 2. The average Bonchev–Trinajstić information content (AvgIpc) is 2.67. The normalized spacial score (nSPS) is 11.0. The van der Waals surface area contributed by atoms with Gasteiger partial charge in [-0.1, -0.05) is 12.1 Å². The van der Waals surface area contributed by atoms with Crippen molar-refractivity contribution in [2.24, 2.45) is 10.7 Å². The first-order chi connectivity index (χ1) is 12.9. The molecule has 0 heterocycles. The van der Waals surface area contributed by atoms with Crippen molar-refractivity contribution in [1.29, 1.82) is 0 Å². The zero-order chi connectivity index (χ0) is 19.8. The number of nitrogens with two attached hydrogens (primary N) is 1. The summed E-state index contributed by atoms with van der Waals surface area (Å²) >= 11 is 0. The maximum atomic E-state index is 12.0. The summed E-state index contributed by atoms with van der Waals surface area (Å²) in [6.07, 6.45) is 0.683. The number of methoxy groups -OCH3 is 2. The Hall–Kier alpha value is -3.22. The third-order valence-electron chi connectivity index (χ3n) is 3.92. The molecule has 0 aromatic heterocycles. The standard InChI is InChI=1S/C20H26N4O3/c1-24(2)19(25)15-7-5-6-14(12-15)10-11-22-20(21)23-16-8-9-17(26-3)18(13-16)27-4/h5-9,12-13H,10-11H2,1-4H3,(H3,21,22,23). The van der Waals surface area contributed by atoms with E-state index in [1.165, 1.54) is 0 Å². The number of anilines is 1. The molecule has 1 amide bonds. The summed E-state index contributed by atoms with van der Waals surface area (Å²) in [6.45, 7) is 0.506. The van der Waals surface area contributed by atoms with Crippen molar-refractivity contribution < 1.29 is 14.3 Å². The van der Waals surface area contributed by atoms with Crippen molar-refractivity contribution in [3.05, 3.63) is 53.6 Å². The van der Waals surface area contributed by atoms with E-state index in [0.717, 1.165) is 11.3 Å². The van der Waals surface area contributed by atoms with Crippen molar-refractivity contribution in [2.75, 3.05) is 40.2 Å². The van der Waals surface area contributed by atoms with Gasteiger partial charge in [-0.3, -0.25) is 9.79 Å². The van der Waals surface area contributed by atoms with Crippen molar-refractivity contribution in [2.45, 2.75) is 6.42 Å². The van der Waals surface area contributed by atoms with Gasteiger partial charge < -0.3 is 25.4 Å². The Balaban J connectivity index is 1.96. The third-order valence-corrected chi connectivity index (χ3v) is 3.92. The lowest BCUT2D eigenvalue weighted by atomic mass is 10.1. The molecule has 0 unspecified atom stereocenters. The molecule has 0 aliphatic heterocycles. The predicted octanol–water partition coefficient (Wildman–Crippen LogP) is 2.37. The highest BCUT2D eigenvalue weighted by Crippen LogP contribution is 2.29. The fourth-order valence-corrected chi connectivity index (χ4v) is 2.52. The van der Waals surface area contributed by atoms with E-state index in [9.17, 15) is 4.79 Å². The lowest BCUT2D eigenvalue weighted by Gasteiger charge is -2.11. The number of rotatable bonds is 7. The van der Waals surface area contributed by atoms with E-state index in [2.05, 4.69) is 10.3 Å². The van der Waals surface area contributed by atoms with Crippen LogP contribution in [-0.2, 0) is 6.42 Å². The fraction of sp³-hybridized carbons (Fsp3) is 0.300. The first kappa shape index (κ1) is 20.1. The van der Waals surface area contributed by atoms with E-state index in [1.54, 1.807) is 45.3 Å². The first-order valence-electron chi connectivity index (χ1n) is 8.54. The van der Waals surface area contributed by atoms with Crippen LogP contribution in [0.25, 0.3) is 0 Å². The van der Waals surface area contributed by atoms with Gasteiger partial charge in [0.1, 0.15) is 0 Å². The Bertz CT molecular complexity index is 819. The van der Waals surface area contributed by atoms with Gasteiger partial charge in [0, 0.05) is 38.0 Å². The summed E-state index contributed by atoms with van der Waals surface area (Å²) in [7, 11) is 6.63. The summed E-state index contributed by atoms with van der Waals surface area (Å²) in [5.74, 6) is 1.54. The Morgan fingerprint density at radius 2 is 1.85 bits per heavy atom. The highest BCUT2D eigenvalue weighted by molar-refractivity contribution is 5.94. The number of hydrogen-bond acceptors (Lipinski definition) is 4. The third kappa shape index (κ3) is 5.64. The quantitative estimate of drug-likeness (QED) is 0.577. The van der Waals surface area contributed by atoms with Gasteiger partial charge in [0.05, 0.1) is 14.2 Å². The minimum absolute atomic E-state index is 0.0185. The molecule has 0 saturated heterocycles. The molecule has 0 bridgehead atoms. The summed E-state index contributed by atoms with van der Waals surface area (Å²) < 4.78 is 10.5. The minimum Gasteiger partial charge on any atom is -0.493 e. The molecule has 2 aromatic rings. The molecular formula is C20H26N4O3. The lowest BCUT2D eigenvalue weighted by molar-refractivity contribution is 0.0827. The number of ether oxygens (including phenoxy) is 2. The van der Waals surface area contributed by atoms with Crippen LogP contribution in [0.1, 0.15) is 15.9 Å². The van der Waals surface area contributed by atoms with Crippen molar-refractivity contribution in [3.63, 3.8) is 0 Å². The van der Waals surface area contributed by atoms with Crippen molar-refractivity contribution in [3.8, 4) is 11.5 Å². The number of nitrogens with zero attached hydrogens (tertiary/aromatic N) is 2. The monoisotopic (exact) mass is 370 g/mol. The highest BCUT2D eigenvalue weighted by atomic mass is 16.5. The highest BCUT2D eigenvalue weighted by Gasteiger charge is 2.08. The zero-order valence-corrected chi connectivity index (χ0v) is 16.2. The molecule has 27 heavy (non-hydrogen) atoms. The maximum Gasteiger partial charge on any atom is 0.253 e. The van der Waals surface area contributed by atoms with E-state index in [-0.39, 0.29) is 5.91 Å². The van der Waals surface area contributed by atoms with Crippen molar-refractivity contribution in [1.82, 2.24) is 4.90 Å². The van der Waals surface area contributed by atoms with Crippen LogP contribution < -0.4 is 20.5 Å². The Morgan fingerprint density at radius 3 is 2.52 bits per heavy atom. The van der Waals surface area contributed by atoms with Gasteiger partial charge in [-0.15, -0.1) is 0 Å². The van der Waals surface area contributed by atoms with E-state index in [0.29, 0.717) is 36.0 Å². The van der Waals surface area contributed by atoms with Crippen LogP contribution in [0.15, 0.2) is 47.5 Å². The van der Waals surface area contributed by atoms with Crippen LogP contribution in [-0.4, -0.2) is 51.6 Å². The molecule has 144 valence electrons. The number of guanidine groups is 1. The number of aliphatic imine (C=N–C) groups is 1. The van der Waals surface area contributed by atoms with Gasteiger partial charge in [-0.05, 0) is 36.2 Å². The summed E-state index contributed by atoms with van der Waals surface area (Å²) in [4.78, 5) is 17.9. The Morgan fingerprint density at radius 1 is 1.11 bits per heavy atom. The zero-order valence-electron chi connectivity index (χ0n) is 16.2. The van der Waals surface area contributed by atoms with Crippen LogP contribution in [0.3, 0.4) is 0 Å². The van der Waals surface area contributed by atoms with Gasteiger partial charge in [-0.25, -0.2) is 0 Å². The molecule has 0 fully saturated rings. The molecule has 7 nitrogen and oxygen atoms in total. The predicted molar refractivity (Wildman–Crippen MR) is 108 cm³/mol. The number of hydrogen-bond donors (Lipinski definition) is 2. The molecular weight excluding hydrogens is 344 g/mol. The maximum absolute atomic E-state index is 12.0. The Kier molecular flexibility index (Phi) is 7.05. The molecule has 0 aliphatic carbocycles. The number of amides is 1. The second-order valence-corrected chi connectivity index (χ2v) is 6.11. The summed E-state index contributed by atoms with van der Waals surface area (Å²) in [5.41, 5.74) is 8.41. The van der Waals surface area contributed by atoms with E-state index < -0.39 is 0 Å². The van der Waals surface area contributed by atoms with Crippen LogP contribution in [0.2, 0.25) is 0 Å². The SMILES string of the molecule is COc1ccc(NC(N)=NCCc2cccc(C(=O)N(C)C)c2)cc1OC. The Labute approximate surface area is 159 Å². The van der Waals surface area contributed by atoms with Gasteiger partial charge >= 0.3 is 0 Å². The molecule has 0 atom stereocenters. The van der Waals surface area contributed by atoms with Gasteiger partial charge in [-0.2, -0.15) is 0 Å². The smallest absolute Gasteiger partial charge is 0.253 e. The van der Waals surface area contributed by atoms with Gasteiger partial charge in [0.25, 0.3) is 5.91 Å². The molecule has 3 N–H and O–H groups in total. The lowest BCUT2D eigenvalue weighted by Crippen LogP contribution is -2.23. The summed E-state index contributed by atoms with van der Waals surface area (Å²) in [5, 5.41) is 3.03. The van der Waals surface area contributed by atoms with E-state index in [4.69, 9.17) is 15.2 Å². The second-order valence-electron chi connectivity index (χ2n) is 6.11. The minimum atomic E-state index is -0.0185. The van der Waals surface area contributed by atoms with Crippen LogP contribution in [0, 0.1) is 0 Å². The molecule has 0 saturated carbocycles. The molecule has 0 spiro atoms. The number of carbonyl (C=O) groups is 1. The largest absolute Gasteiger partial charge is 0.493 e. The van der Waals surface area contributed by atoms with Gasteiger partial charge in [0.2, 0.25) is 0 Å². The molecule has 0 aliphatic rings. The van der Waals surface area contributed by atoms with Crippen molar-refractivity contribution >= 4 is 17.6 Å². The van der Waals surface area contributed by atoms with Crippen LogP contribution in [0.5, 0.6) is 11.5 Å². The van der Waals surface area contributed by atoms with Crippen LogP contribution >= 0.6 is 0 Å². The number of carbonyl (C=O) groups excluding carboxylic acids is 1. The number of nitrogens with one attached hydrogen (secondary N) is 1. The second kappa shape index (κ2) is 9.47. The fourth-order valence-electron chi connectivity index (χ4n) is 2.52.